The standard InChI is InChI=1S/C14H21NOS/c1-4-15-14(12-7-5-6-8-16-12)13-9-10(2)11(3)17-13/h7,9,14-15H,4-6,8H2,1-3H3. The zero-order valence-corrected chi connectivity index (χ0v) is 11.7. The van der Waals surface area contributed by atoms with Gasteiger partial charge >= 0.3 is 0 Å². The molecule has 1 aliphatic heterocycles. The molecule has 0 aliphatic carbocycles. The van der Waals surface area contributed by atoms with Crippen molar-refractivity contribution in [2.24, 2.45) is 0 Å². The lowest BCUT2D eigenvalue weighted by atomic mass is 10.1. The van der Waals surface area contributed by atoms with Crippen LogP contribution in [-0.4, -0.2) is 13.2 Å². The molecule has 0 amide bonds. The van der Waals surface area contributed by atoms with Crippen molar-refractivity contribution < 1.29 is 4.74 Å². The van der Waals surface area contributed by atoms with Crippen molar-refractivity contribution in [3.63, 3.8) is 0 Å². The van der Waals surface area contributed by atoms with Gasteiger partial charge in [0, 0.05) is 9.75 Å². The molecule has 0 fully saturated rings. The van der Waals surface area contributed by atoms with E-state index in [4.69, 9.17) is 4.74 Å². The van der Waals surface area contributed by atoms with Gasteiger partial charge in [0.2, 0.25) is 0 Å². The van der Waals surface area contributed by atoms with Crippen LogP contribution in [0.1, 0.15) is 41.1 Å². The highest BCUT2D eigenvalue weighted by Crippen LogP contribution is 2.32. The van der Waals surface area contributed by atoms with E-state index in [9.17, 15) is 0 Å². The third kappa shape index (κ3) is 2.90. The third-order valence-electron chi connectivity index (χ3n) is 3.13. The monoisotopic (exact) mass is 251 g/mol. The smallest absolute Gasteiger partial charge is 0.114 e. The molecule has 1 aromatic rings. The number of ether oxygens (including phenoxy) is 1. The van der Waals surface area contributed by atoms with Crippen molar-refractivity contribution in [3.8, 4) is 0 Å². The number of allylic oxidation sites excluding steroid dienone is 1. The van der Waals surface area contributed by atoms with Crippen LogP contribution in [0.3, 0.4) is 0 Å². The van der Waals surface area contributed by atoms with E-state index in [0.29, 0.717) is 0 Å². The van der Waals surface area contributed by atoms with E-state index in [2.05, 4.69) is 38.2 Å². The largest absolute Gasteiger partial charge is 0.496 e. The number of thiophene rings is 1. The van der Waals surface area contributed by atoms with Crippen LogP contribution in [0.2, 0.25) is 0 Å². The van der Waals surface area contributed by atoms with Crippen LogP contribution in [0.5, 0.6) is 0 Å². The van der Waals surface area contributed by atoms with Gasteiger partial charge in [-0.3, -0.25) is 0 Å². The zero-order chi connectivity index (χ0) is 12.3. The zero-order valence-electron chi connectivity index (χ0n) is 10.9. The maximum atomic E-state index is 5.80. The lowest BCUT2D eigenvalue weighted by molar-refractivity contribution is 0.169. The van der Waals surface area contributed by atoms with Gasteiger partial charge < -0.3 is 10.1 Å². The van der Waals surface area contributed by atoms with Crippen LogP contribution in [0.25, 0.3) is 0 Å². The van der Waals surface area contributed by atoms with Crippen molar-refractivity contribution in [1.29, 1.82) is 0 Å². The Hall–Kier alpha value is -0.800. The SMILES string of the molecule is CCNC(C1=CCCCO1)c1cc(C)c(C)s1. The minimum atomic E-state index is 0.248. The molecule has 2 nitrogen and oxygen atoms in total. The molecule has 1 unspecified atom stereocenters. The average Bonchev–Trinajstić information content (AvgIpc) is 2.67. The fraction of sp³-hybridized carbons (Fsp3) is 0.571. The summed E-state index contributed by atoms with van der Waals surface area (Å²) in [5.74, 6) is 1.11. The van der Waals surface area contributed by atoms with Gasteiger partial charge in [-0.05, 0) is 50.9 Å². The normalized spacial score (nSPS) is 17.5. The Morgan fingerprint density at radius 3 is 2.82 bits per heavy atom. The Kier molecular flexibility index (Phi) is 4.24. The molecule has 1 atom stereocenters. The maximum Gasteiger partial charge on any atom is 0.114 e. The summed E-state index contributed by atoms with van der Waals surface area (Å²) in [6, 6.07) is 2.53. The van der Waals surface area contributed by atoms with E-state index in [0.717, 1.165) is 31.8 Å². The van der Waals surface area contributed by atoms with Crippen LogP contribution in [0.15, 0.2) is 17.9 Å². The van der Waals surface area contributed by atoms with Gasteiger partial charge in [-0.25, -0.2) is 0 Å². The molecule has 1 aromatic heterocycles. The van der Waals surface area contributed by atoms with Gasteiger partial charge in [-0.2, -0.15) is 0 Å². The number of hydrogen-bond acceptors (Lipinski definition) is 3. The molecule has 0 radical (unpaired) electrons. The summed E-state index contributed by atoms with van der Waals surface area (Å²) in [4.78, 5) is 2.77. The highest BCUT2D eigenvalue weighted by atomic mass is 32.1. The first-order chi connectivity index (χ1) is 8.22. The first-order valence-electron chi connectivity index (χ1n) is 6.35. The summed E-state index contributed by atoms with van der Waals surface area (Å²) in [6.45, 7) is 8.32. The molecule has 17 heavy (non-hydrogen) atoms. The highest BCUT2D eigenvalue weighted by molar-refractivity contribution is 7.12. The van der Waals surface area contributed by atoms with Crippen LogP contribution in [-0.2, 0) is 4.74 Å². The Morgan fingerprint density at radius 2 is 2.29 bits per heavy atom. The van der Waals surface area contributed by atoms with Crippen molar-refractivity contribution in [1.82, 2.24) is 5.32 Å². The van der Waals surface area contributed by atoms with E-state index in [-0.39, 0.29) is 6.04 Å². The van der Waals surface area contributed by atoms with Gasteiger partial charge in [0.25, 0.3) is 0 Å². The predicted octanol–water partition coefficient (Wildman–Crippen LogP) is 3.71. The topological polar surface area (TPSA) is 21.3 Å². The summed E-state index contributed by atoms with van der Waals surface area (Å²) in [7, 11) is 0. The third-order valence-corrected chi connectivity index (χ3v) is 4.34. The molecule has 0 saturated carbocycles. The molecule has 0 bridgehead atoms. The van der Waals surface area contributed by atoms with Crippen molar-refractivity contribution in [2.75, 3.05) is 13.2 Å². The van der Waals surface area contributed by atoms with Crippen molar-refractivity contribution >= 4 is 11.3 Å². The molecular weight excluding hydrogens is 230 g/mol. The molecule has 2 rings (SSSR count). The lowest BCUT2D eigenvalue weighted by Gasteiger charge is -2.23. The molecule has 0 saturated heterocycles. The summed E-state index contributed by atoms with van der Waals surface area (Å²) in [5, 5.41) is 3.53. The second kappa shape index (κ2) is 5.69. The fourth-order valence-electron chi connectivity index (χ4n) is 2.07. The Morgan fingerprint density at radius 1 is 1.47 bits per heavy atom. The van der Waals surface area contributed by atoms with E-state index in [1.165, 1.54) is 15.3 Å². The predicted molar refractivity (Wildman–Crippen MR) is 73.5 cm³/mol. The number of hydrogen-bond donors (Lipinski definition) is 1. The second-order valence-corrected chi connectivity index (χ2v) is 5.76. The molecule has 1 N–H and O–H groups in total. The number of likely N-dealkylation sites (N-methyl/N-ethyl adjacent to an activating group) is 1. The quantitative estimate of drug-likeness (QED) is 0.881. The average molecular weight is 251 g/mol. The van der Waals surface area contributed by atoms with E-state index >= 15 is 0 Å². The van der Waals surface area contributed by atoms with Gasteiger partial charge in [0.1, 0.15) is 5.76 Å². The summed E-state index contributed by atoms with van der Waals surface area (Å²) < 4.78 is 5.80. The number of nitrogens with one attached hydrogen (secondary N) is 1. The number of aryl methyl sites for hydroxylation is 2. The van der Waals surface area contributed by atoms with Gasteiger partial charge in [0.05, 0.1) is 12.6 Å². The van der Waals surface area contributed by atoms with Gasteiger partial charge in [-0.15, -0.1) is 11.3 Å². The van der Waals surface area contributed by atoms with E-state index < -0.39 is 0 Å². The van der Waals surface area contributed by atoms with E-state index in [1.54, 1.807) is 0 Å². The Balaban J connectivity index is 2.24. The minimum absolute atomic E-state index is 0.248. The molecule has 0 spiro atoms. The highest BCUT2D eigenvalue weighted by Gasteiger charge is 2.21. The maximum absolute atomic E-state index is 5.80. The second-order valence-electron chi connectivity index (χ2n) is 4.48. The molecule has 3 heteroatoms. The van der Waals surface area contributed by atoms with Crippen LogP contribution < -0.4 is 5.32 Å². The van der Waals surface area contributed by atoms with E-state index in [1.807, 2.05) is 11.3 Å². The summed E-state index contributed by atoms with van der Waals surface area (Å²) in [6.07, 6.45) is 4.52. The molecule has 0 aromatic carbocycles. The molecule has 1 aliphatic rings. The van der Waals surface area contributed by atoms with Crippen molar-refractivity contribution in [3.05, 3.63) is 33.2 Å². The lowest BCUT2D eigenvalue weighted by Crippen LogP contribution is -2.24. The van der Waals surface area contributed by atoms with Gasteiger partial charge in [0.15, 0.2) is 0 Å². The molecular formula is C14H21NOS. The van der Waals surface area contributed by atoms with Crippen LogP contribution in [0, 0.1) is 13.8 Å². The number of rotatable bonds is 4. The minimum Gasteiger partial charge on any atom is -0.496 e. The Bertz CT molecular complexity index is 389. The molecule has 2 heterocycles. The Labute approximate surface area is 108 Å². The van der Waals surface area contributed by atoms with Crippen LogP contribution in [0.4, 0.5) is 0 Å². The summed E-state index contributed by atoms with van der Waals surface area (Å²) >= 11 is 1.87. The van der Waals surface area contributed by atoms with Gasteiger partial charge in [-0.1, -0.05) is 6.92 Å². The molecule has 94 valence electrons. The van der Waals surface area contributed by atoms with Crippen molar-refractivity contribution in [2.45, 2.75) is 39.7 Å². The fourth-order valence-corrected chi connectivity index (χ4v) is 3.19. The first-order valence-corrected chi connectivity index (χ1v) is 7.17. The first kappa shape index (κ1) is 12.7. The summed E-state index contributed by atoms with van der Waals surface area (Å²) in [5.41, 5.74) is 1.38. The van der Waals surface area contributed by atoms with Crippen LogP contribution >= 0.6 is 11.3 Å².